The Morgan fingerprint density at radius 3 is 1.95 bits per heavy atom. The third-order valence-electron chi connectivity index (χ3n) is 2.95. The van der Waals surface area contributed by atoms with Crippen molar-refractivity contribution in [1.82, 2.24) is 0 Å². The average Bonchev–Trinajstić information content (AvgIpc) is 2.51. The van der Waals surface area contributed by atoms with Crippen LogP contribution in [0.2, 0.25) is 0 Å². The Morgan fingerprint density at radius 1 is 0.818 bits per heavy atom. The molecule has 3 nitrogen and oxygen atoms in total. The number of phenolic OH excluding ortho intramolecular Hbond substituents is 2. The molecule has 0 unspecified atom stereocenters. The highest BCUT2D eigenvalue weighted by atomic mass is 32.2. The lowest BCUT2D eigenvalue weighted by atomic mass is 10.3. The van der Waals surface area contributed by atoms with E-state index in [0.29, 0.717) is 6.42 Å². The van der Waals surface area contributed by atoms with Crippen LogP contribution >= 0.6 is 23.5 Å². The molecule has 116 valence electrons. The van der Waals surface area contributed by atoms with Crippen molar-refractivity contribution in [2.75, 3.05) is 5.75 Å². The molecule has 0 radical (unpaired) electrons. The van der Waals surface area contributed by atoms with Gasteiger partial charge in [-0.2, -0.15) is 0 Å². The first kappa shape index (κ1) is 16.8. The lowest BCUT2D eigenvalue weighted by Crippen LogP contribution is -1.92. The summed E-state index contributed by atoms with van der Waals surface area (Å²) >= 11 is 2.95. The zero-order valence-electron chi connectivity index (χ0n) is 12.1. The fourth-order valence-electron chi connectivity index (χ4n) is 1.80. The molecule has 0 aromatic heterocycles. The molecule has 0 fully saturated rings. The number of carbonyl (C=O) groups is 1. The number of hydrogen-bond donors (Lipinski definition) is 2. The molecule has 2 aromatic carbocycles. The van der Waals surface area contributed by atoms with E-state index < -0.39 is 0 Å². The maximum atomic E-state index is 11.8. The number of phenols is 2. The Labute approximate surface area is 138 Å². The molecule has 0 saturated heterocycles. The lowest BCUT2D eigenvalue weighted by molar-refractivity contribution is -0.111. The molecule has 0 spiro atoms. The first-order valence-corrected chi connectivity index (χ1v) is 8.85. The van der Waals surface area contributed by atoms with Crippen LogP contribution in [0.3, 0.4) is 0 Å². The summed E-state index contributed by atoms with van der Waals surface area (Å²) in [5, 5.41) is 18.5. The van der Waals surface area contributed by atoms with Crippen molar-refractivity contribution >= 4 is 28.6 Å². The molecular weight excluding hydrogens is 316 g/mol. The van der Waals surface area contributed by atoms with E-state index >= 15 is 0 Å². The van der Waals surface area contributed by atoms with E-state index in [1.54, 1.807) is 48.2 Å². The number of carbonyl (C=O) groups excluding carboxylic acids is 1. The van der Waals surface area contributed by atoms with Gasteiger partial charge in [0.05, 0.1) is 0 Å². The third-order valence-corrected chi connectivity index (χ3v) is 4.99. The van der Waals surface area contributed by atoms with Gasteiger partial charge in [-0.3, -0.25) is 4.79 Å². The Balaban J connectivity index is 1.61. The summed E-state index contributed by atoms with van der Waals surface area (Å²) in [6.07, 6.45) is 2.41. The Morgan fingerprint density at radius 2 is 1.36 bits per heavy atom. The minimum absolute atomic E-state index is 0.153. The summed E-state index contributed by atoms with van der Waals surface area (Å²) in [5.41, 5.74) is 0. The van der Waals surface area contributed by atoms with Crippen LogP contribution in [0, 0.1) is 0 Å². The Kier molecular flexibility index (Phi) is 6.68. The SMILES string of the molecule is O=C(CCCCSc1ccc(O)cc1)Sc1ccc(O)cc1. The second kappa shape index (κ2) is 8.76. The van der Waals surface area contributed by atoms with Crippen molar-refractivity contribution in [3.05, 3.63) is 48.5 Å². The highest BCUT2D eigenvalue weighted by Crippen LogP contribution is 2.25. The van der Waals surface area contributed by atoms with Gasteiger partial charge in [0.25, 0.3) is 0 Å². The highest BCUT2D eigenvalue weighted by Gasteiger charge is 2.05. The van der Waals surface area contributed by atoms with E-state index in [9.17, 15) is 15.0 Å². The van der Waals surface area contributed by atoms with Gasteiger partial charge in [0.2, 0.25) is 0 Å². The minimum atomic E-state index is 0.153. The molecule has 0 aliphatic rings. The van der Waals surface area contributed by atoms with Crippen LogP contribution in [-0.2, 0) is 4.79 Å². The summed E-state index contributed by atoms with van der Waals surface area (Å²) in [5.74, 6) is 1.45. The van der Waals surface area contributed by atoms with Gasteiger partial charge < -0.3 is 10.2 Å². The smallest absolute Gasteiger partial charge is 0.193 e. The zero-order valence-corrected chi connectivity index (χ0v) is 13.7. The fourth-order valence-corrected chi connectivity index (χ4v) is 3.49. The fraction of sp³-hybridized carbons (Fsp3) is 0.235. The largest absolute Gasteiger partial charge is 0.508 e. The van der Waals surface area contributed by atoms with Crippen LogP contribution in [0.5, 0.6) is 11.5 Å². The maximum Gasteiger partial charge on any atom is 0.193 e. The molecular formula is C17H18O3S2. The molecule has 22 heavy (non-hydrogen) atoms. The topological polar surface area (TPSA) is 57.5 Å². The van der Waals surface area contributed by atoms with E-state index in [1.807, 2.05) is 12.1 Å². The van der Waals surface area contributed by atoms with E-state index in [-0.39, 0.29) is 16.6 Å². The van der Waals surface area contributed by atoms with Crippen LogP contribution < -0.4 is 0 Å². The number of rotatable bonds is 7. The number of unbranched alkanes of at least 4 members (excludes halogenated alkanes) is 1. The van der Waals surface area contributed by atoms with E-state index in [1.165, 1.54) is 11.8 Å². The molecule has 0 amide bonds. The van der Waals surface area contributed by atoms with Gasteiger partial charge in [-0.25, -0.2) is 0 Å². The average molecular weight is 334 g/mol. The monoisotopic (exact) mass is 334 g/mol. The molecule has 5 heteroatoms. The lowest BCUT2D eigenvalue weighted by Gasteiger charge is -2.03. The molecule has 0 atom stereocenters. The molecule has 0 aliphatic carbocycles. The summed E-state index contributed by atoms with van der Waals surface area (Å²) in [4.78, 5) is 13.8. The summed E-state index contributed by atoms with van der Waals surface area (Å²) in [6.45, 7) is 0. The van der Waals surface area contributed by atoms with E-state index in [4.69, 9.17) is 0 Å². The summed E-state index contributed by atoms with van der Waals surface area (Å²) in [7, 11) is 0. The van der Waals surface area contributed by atoms with Gasteiger partial charge in [-0.1, -0.05) is 11.8 Å². The standard InChI is InChI=1S/C17H18O3S2/c18-13-4-8-15(9-5-13)21-12-2-1-3-17(20)22-16-10-6-14(19)7-11-16/h4-11,18-19H,1-3,12H2. The minimum Gasteiger partial charge on any atom is -0.508 e. The van der Waals surface area contributed by atoms with Crippen molar-refractivity contribution in [1.29, 1.82) is 0 Å². The molecule has 0 saturated carbocycles. The van der Waals surface area contributed by atoms with Gasteiger partial charge in [0, 0.05) is 16.2 Å². The normalized spacial score (nSPS) is 10.5. The first-order valence-electron chi connectivity index (χ1n) is 7.05. The van der Waals surface area contributed by atoms with Crippen molar-refractivity contribution < 1.29 is 15.0 Å². The van der Waals surface area contributed by atoms with Crippen molar-refractivity contribution in [3.63, 3.8) is 0 Å². The van der Waals surface area contributed by atoms with Gasteiger partial charge in [-0.15, -0.1) is 11.8 Å². The van der Waals surface area contributed by atoms with E-state index in [2.05, 4.69) is 0 Å². The number of aromatic hydroxyl groups is 2. The zero-order chi connectivity index (χ0) is 15.8. The highest BCUT2D eigenvalue weighted by molar-refractivity contribution is 8.13. The maximum absolute atomic E-state index is 11.8. The molecule has 2 aromatic rings. The van der Waals surface area contributed by atoms with Gasteiger partial charge in [0.1, 0.15) is 11.5 Å². The van der Waals surface area contributed by atoms with Crippen LogP contribution in [0.4, 0.5) is 0 Å². The quantitative estimate of drug-likeness (QED) is 0.569. The summed E-state index contributed by atoms with van der Waals surface area (Å²) in [6, 6.07) is 13.8. The van der Waals surface area contributed by atoms with Crippen LogP contribution in [-0.4, -0.2) is 21.1 Å². The second-order valence-corrected chi connectivity index (χ2v) is 7.07. The van der Waals surface area contributed by atoms with Crippen molar-refractivity contribution in [2.45, 2.75) is 29.1 Å². The van der Waals surface area contributed by atoms with Gasteiger partial charge in [0.15, 0.2) is 5.12 Å². The number of thioether (sulfide) groups is 2. The molecule has 2 N–H and O–H groups in total. The predicted octanol–water partition coefficient (Wildman–Crippen LogP) is 4.68. The second-order valence-electron chi connectivity index (χ2n) is 4.77. The van der Waals surface area contributed by atoms with Crippen LogP contribution in [0.1, 0.15) is 19.3 Å². The van der Waals surface area contributed by atoms with E-state index in [0.717, 1.165) is 28.4 Å². The Bertz CT molecular complexity index is 594. The number of benzene rings is 2. The summed E-state index contributed by atoms with van der Waals surface area (Å²) < 4.78 is 0. The van der Waals surface area contributed by atoms with Crippen molar-refractivity contribution in [3.8, 4) is 11.5 Å². The third kappa shape index (κ3) is 6.03. The van der Waals surface area contributed by atoms with Crippen LogP contribution in [0.25, 0.3) is 0 Å². The molecule has 0 aliphatic heterocycles. The van der Waals surface area contributed by atoms with Gasteiger partial charge >= 0.3 is 0 Å². The predicted molar refractivity (Wildman–Crippen MR) is 91.7 cm³/mol. The first-order chi connectivity index (χ1) is 10.6. The van der Waals surface area contributed by atoms with Crippen molar-refractivity contribution in [2.24, 2.45) is 0 Å². The Hall–Kier alpha value is -1.59. The molecule has 0 bridgehead atoms. The molecule has 2 rings (SSSR count). The molecule has 0 heterocycles. The number of hydrogen-bond acceptors (Lipinski definition) is 5. The van der Waals surface area contributed by atoms with Crippen LogP contribution in [0.15, 0.2) is 58.3 Å². The van der Waals surface area contributed by atoms with Gasteiger partial charge in [-0.05, 0) is 67.1 Å².